The second-order valence-electron chi connectivity index (χ2n) is 6.63. The Hall–Kier alpha value is -2.96. The Morgan fingerprint density at radius 2 is 1.85 bits per heavy atom. The molecule has 1 heterocycles. The van der Waals surface area contributed by atoms with Crippen molar-refractivity contribution in [2.24, 2.45) is 5.41 Å². The molecule has 7 heteroatoms. The average molecular weight is 358 g/mol. The molecule has 0 aliphatic rings. The Morgan fingerprint density at radius 1 is 1.19 bits per heavy atom. The van der Waals surface area contributed by atoms with Crippen LogP contribution in [0.15, 0.2) is 35.1 Å². The first-order valence-electron chi connectivity index (χ1n) is 8.20. The van der Waals surface area contributed by atoms with Gasteiger partial charge in [0.2, 0.25) is 0 Å². The summed E-state index contributed by atoms with van der Waals surface area (Å²) in [6.07, 6.45) is 0. The number of rotatable bonds is 5. The van der Waals surface area contributed by atoms with E-state index < -0.39 is 16.9 Å². The van der Waals surface area contributed by atoms with Crippen molar-refractivity contribution >= 4 is 11.8 Å². The molecule has 0 spiro atoms. The predicted octanol–water partition coefficient (Wildman–Crippen LogP) is 2.65. The summed E-state index contributed by atoms with van der Waals surface area (Å²) < 4.78 is 11.2. The molecule has 1 aromatic heterocycles. The van der Waals surface area contributed by atoms with Crippen LogP contribution in [0.1, 0.15) is 48.5 Å². The highest BCUT2D eigenvalue weighted by Gasteiger charge is 2.28. The third kappa shape index (κ3) is 3.82. The third-order valence-electron chi connectivity index (χ3n) is 3.63. The Labute approximate surface area is 151 Å². The van der Waals surface area contributed by atoms with E-state index in [4.69, 9.17) is 9.47 Å². The van der Waals surface area contributed by atoms with Gasteiger partial charge < -0.3 is 9.47 Å². The van der Waals surface area contributed by atoms with Crippen LogP contribution >= 0.6 is 0 Å². The molecule has 0 N–H and O–H groups in total. The van der Waals surface area contributed by atoms with Gasteiger partial charge in [0.15, 0.2) is 5.78 Å². The number of Topliss-reactive ketones (excluding diaryl/α,β-unsaturated/α-hetero) is 1. The summed E-state index contributed by atoms with van der Waals surface area (Å²) in [5, 5.41) is 4.19. The Balaban J connectivity index is 2.79. The van der Waals surface area contributed by atoms with E-state index in [1.54, 1.807) is 52.0 Å². The van der Waals surface area contributed by atoms with E-state index in [0.29, 0.717) is 11.4 Å². The maximum absolute atomic E-state index is 12.8. The van der Waals surface area contributed by atoms with Gasteiger partial charge in [-0.25, -0.2) is 4.79 Å². The van der Waals surface area contributed by atoms with Crippen LogP contribution in [0, 0.1) is 5.41 Å². The van der Waals surface area contributed by atoms with Gasteiger partial charge in [-0.15, -0.1) is 0 Å². The van der Waals surface area contributed by atoms with E-state index in [1.807, 2.05) is 0 Å². The lowest BCUT2D eigenvalue weighted by atomic mass is 9.88. The molecule has 7 nitrogen and oxygen atoms in total. The van der Waals surface area contributed by atoms with Crippen LogP contribution in [-0.4, -0.2) is 35.2 Å². The molecule has 1 aromatic carbocycles. The van der Waals surface area contributed by atoms with Crippen LogP contribution < -0.4 is 10.3 Å². The molecule has 0 bridgehead atoms. The first-order chi connectivity index (χ1) is 12.2. The summed E-state index contributed by atoms with van der Waals surface area (Å²) in [6.45, 7) is 6.95. The number of ether oxygens (including phenoxy) is 2. The molecule has 0 saturated heterocycles. The zero-order chi connectivity index (χ0) is 19.5. The SMILES string of the molecule is CCOC(=O)c1cc(C(=O)C(C)(C)C)nn(-c2ccccc2OC)c1=O. The molecule has 0 unspecified atom stereocenters. The lowest BCUT2D eigenvalue weighted by Gasteiger charge is -2.18. The molecule has 0 fully saturated rings. The summed E-state index contributed by atoms with van der Waals surface area (Å²) in [5.74, 6) is -0.713. The lowest BCUT2D eigenvalue weighted by molar-refractivity contribution is 0.0523. The van der Waals surface area contributed by atoms with E-state index in [0.717, 1.165) is 4.68 Å². The lowest BCUT2D eigenvalue weighted by Crippen LogP contribution is -2.32. The smallest absolute Gasteiger partial charge is 0.343 e. The van der Waals surface area contributed by atoms with Crippen molar-refractivity contribution in [2.45, 2.75) is 27.7 Å². The van der Waals surface area contributed by atoms with Crippen molar-refractivity contribution in [3.63, 3.8) is 0 Å². The Morgan fingerprint density at radius 3 is 2.42 bits per heavy atom. The first kappa shape index (κ1) is 19.4. The standard InChI is InChI=1S/C19H22N2O5/c1-6-26-18(24)12-11-13(16(22)19(2,3)4)20-21(17(12)23)14-9-7-8-10-15(14)25-5/h7-11H,6H2,1-5H3. The van der Waals surface area contributed by atoms with Crippen LogP contribution in [0.4, 0.5) is 0 Å². The predicted molar refractivity (Wildman–Crippen MR) is 96.1 cm³/mol. The quantitative estimate of drug-likeness (QED) is 0.603. The van der Waals surface area contributed by atoms with E-state index >= 15 is 0 Å². The highest BCUT2D eigenvalue weighted by molar-refractivity contribution is 6.00. The van der Waals surface area contributed by atoms with Gasteiger partial charge in [-0.2, -0.15) is 9.78 Å². The van der Waals surface area contributed by atoms with Gasteiger partial charge in [0.05, 0.1) is 13.7 Å². The minimum absolute atomic E-state index is 0.00561. The van der Waals surface area contributed by atoms with Gasteiger partial charge in [-0.3, -0.25) is 9.59 Å². The molecular weight excluding hydrogens is 336 g/mol. The molecule has 26 heavy (non-hydrogen) atoms. The number of hydrogen-bond donors (Lipinski definition) is 0. The van der Waals surface area contributed by atoms with Gasteiger partial charge in [-0.05, 0) is 25.1 Å². The third-order valence-corrected chi connectivity index (χ3v) is 3.63. The number of hydrogen-bond acceptors (Lipinski definition) is 6. The fourth-order valence-electron chi connectivity index (χ4n) is 2.31. The fraction of sp³-hybridized carbons (Fsp3) is 0.368. The summed E-state index contributed by atoms with van der Waals surface area (Å²) in [4.78, 5) is 37.7. The number of ketones is 1. The van der Waals surface area contributed by atoms with E-state index in [9.17, 15) is 14.4 Å². The average Bonchev–Trinajstić information content (AvgIpc) is 2.60. The molecule has 0 aliphatic heterocycles. The zero-order valence-electron chi connectivity index (χ0n) is 15.5. The van der Waals surface area contributed by atoms with Gasteiger partial charge >= 0.3 is 5.97 Å². The van der Waals surface area contributed by atoms with E-state index in [1.165, 1.54) is 13.2 Å². The number of esters is 1. The summed E-state index contributed by atoms with van der Waals surface area (Å²) in [7, 11) is 1.46. The zero-order valence-corrected chi connectivity index (χ0v) is 15.5. The second-order valence-corrected chi connectivity index (χ2v) is 6.63. The van der Waals surface area contributed by atoms with Crippen molar-refractivity contribution in [1.29, 1.82) is 0 Å². The Bertz CT molecular complexity index is 894. The minimum atomic E-state index is -0.800. The van der Waals surface area contributed by atoms with Gasteiger partial charge in [0.1, 0.15) is 22.7 Å². The van der Waals surface area contributed by atoms with Crippen molar-refractivity contribution in [2.75, 3.05) is 13.7 Å². The fourth-order valence-corrected chi connectivity index (χ4v) is 2.31. The normalized spacial score (nSPS) is 11.1. The van der Waals surface area contributed by atoms with Crippen LogP contribution in [0.25, 0.3) is 5.69 Å². The van der Waals surface area contributed by atoms with E-state index in [-0.39, 0.29) is 23.6 Å². The van der Waals surface area contributed by atoms with Crippen LogP contribution in [0.2, 0.25) is 0 Å². The van der Waals surface area contributed by atoms with Crippen molar-refractivity contribution in [3.05, 3.63) is 51.9 Å². The molecule has 0 amide bonds. The minimum Gasteiger partial charge on any atom is -0.494 e. The van der Waals surface area contributed by atoms with Crippen molar-refractivity contribution < 1.29 is 19.1 Å². The summed E-state index contributed by atoms with van der Waals surface area (Å²) in [6, 6.07) is 7.91. The second kappa shape index (κ2) is 7.51. The van der Waals surface area contributed by atoms with Crippen molar-refractivity contribution in [3.8, 4) is 11.4 Å². The van der Waals surface area contributed by atoms with Gasteiger partial charge in [0.25, 0.3) is 5.56 Å². The van der Waals surface area contributed by atoms with Crippen LogP contribution in [-0.2, 0) is 4.74 Å². The van der Waals surface area contributed by atoms with E-state index in [2.05, 4.69) is 5.10 Å². The molecular formula is C19H22N2O5. The molecule has 0 aliphatic carbocycles. The maximum atomic E-state index is 12.8. The Kier molecular flexibility index (Phi) is 5.59. The summed E-state index contributed by atoms with van der Waals surface area (Å²) >= 11 is 0. The van der Waals surface area contributed by atoms with Crippen LogP contribution in [0.3, 0.4) is 0 Å². The highest BCUT2D eigenvalue weighted by Crippen LogP contribution is 2.23. The molecule has 2 rings (SSSR count). The molecule has 2 aromatic rings. The maximum Gasteiger partial charge on any atom is 0.343 e. The number of carbonyl (C=O) groups excluding carboxylic acids is 2. The van der Waals surface area contributed by atoms with Gasteiger partial charge in [-0.1, -0.05) is 32.9 Å². The number of benzene rings is 1. The number of methoxy groups -OCH3 is 1. The molecule has 0 saturated carbocycles. The van der Waals surface area contributed by atoms with Crippen molar-refractivity contribution in [1.82, 2.24) is 9.78 Å². The van der Waals surface area contributed by atoms with Crippen LogP contribution in [0.5, 0.6) is 5.75 Å². The largest absolute Gasteiger partial charge is 0.494 e. The van der Waals surface area contributed by atoms with Gasteiger partial charge in [0, 0.05) is 5.41 Å². The molecule has 138 valence electrons. The number of para-hydroxylation sites is 2. The topological polar surface area (TPSA) is 87.5 Å². The number of aromatic nitrogens is 2. The molecule has 0 atom stereocenters. The monoisotopic (exact) mass is 358 g/mol. The first-order valence-corrected chi connectivity index (χ1v) is 8.20. The molecule has 0 radical (unpaired) electrons. The summed E-state index contributed by atoms with van der Waals surface area (Å²) in [5.41, 5.74) is -1.33. The number of carbonyl (C=O) groups is 2. The number of nitrogens with zero attached hydrogens (tertiary/aromatic N) is 2. The highest BCUT2D eigenvalue weighted by atomic mass is 16.5.